The highest BCUT2D eigenvalue weighted by molar-refractivity contribution is 5.53. The molecular weight excluding hydrogens is 271 g/mol. The maximum absolute atomic E-state index is 13.7. The van der Waals surface area contributed by atoms with Gasteiger partial charge in [-0.3, -0.25) is 4.90 Å². The van der Waals surface area contributed by atoms with Crippen LogP contribution in [-0.4, -0.2) is 52.7 Å². The van der Waals surface area contributed by atoms with Crippen molar-refractivity contribution in [3.8, 4) is 11.5 Å². The van der Waals surface area contributed by atoms with E-state index in [-0.39, 0.29) is 11.7 Å². The number of likely N-dealkylation sites (N-methyl/N-ethyl adjacent to an activating group) is 1. The van der Waals surface area contributed by atoms with Crippen LogP contribution in [0.4, 0.5) is 4.39 Å². The summed E-state index contributed by atoms with van der Waals surface area (Å²) in [6.45, 7) is 8.04. The van der Waals surface area contributed by atoms with Crippen LogP contribution >= 0.6 is 0 Å². The Morgan fingerprint density at radius 2 is 1.86 bits per heavy atom. The summed E-state index contributed by atoms with van der Waals surface area (Å²) >= 11 is 0. The fourth-order valence-corrected chi connectivity index (χ4v) is 2.53. The van der Waals surface area contributed by atoms with E-state index >= 15 is 0 Å². The number of hydrogen-bond acceptors (Lipinski definition) is 5. The molecule has 0 radical (unpaired) electrons. The van der Waals surface area contributed by atoms with Gasteiger partial charge in [0.2, 0.25) is 0 Å². The van der Waals surface area contributed by atoms with Crippen LogP contribution in [0.3, 0.4) is 0 Å². The molecule has 0 unspecified atom stereocenters. The number of halogens is 1. The third kappa shape index (κ3) is 3.28. The van der Waals surface area contributed by atoms with Crippen LogP contribution in [-0.2, 0) is 6.54 Å². The molecule has 1 aliphatic heterocycles. The zero-order chi connectivity index (χ0) is 14.7. The minimum absolute atomic E-state index is 0.246. The van der Waals surface area contributed by atoms with Crippen molar-refractivity contribution in [3.05, 3.63) is 35.9 Å². The molecule has 1 aromatic carbocycles. The molecule has 1 aliphatic rings. The van der Waals surface area contributed by atoms with Crippen molar-refractivity contribution < 1.29 is 8.91 Å². The van der Waals surface area contributed by atoms with Gasteiger partial charge in [-0.15, -0.1) is 0 Å². The van der Waals surface area contributed by atoms with Crippen LogP contribution in [0, 0.1) is 5.82 Å². The molecule has 1 aromatic heterocycles. The van der Waals surface area contributed by atoms with Gasteiger partial charge in [0.1, 0.15) is 5.82 Å². The molecule has 0 aliphatic carbocycles. The predicted octanol–water partition coefficient (Wildman–Crippen LogP) is 2.01. The summed E-state index contributed by atoms with van der Waals surface area (Å²) in [5.41, 5.74) is 0.354. The summed E-state index contributed by atoms with van der Waals surface area (Å²) in [6.07, 6.45) is 0. The Bertz CT molecular complexity index is 593. The van der Waals surface area contributed by atoms with E-state index in [1.165, 1.54) is 6.07 Å². The van der Waals surface area contributed by atoms with E-state index < -0.39 is 0 Å². The lowest BCUT2D eigenvalue weighted by Crippen LogP contribution is -2.45. The number of rotatable bonds is 4. The molecule has 0 N–H and O–H groups in total. The topological polar surface area (TPSA) is 45.4 Å². The summed E-state index contributed by atoms with van der Waals surface area (Å²) in [5.74, 6) is 0.512. The second kappa shape index (κ2) is 6.32. The molecule has 5 nitrogen and oxygen atoms in total. The van der Waals surface area contributed by atoms with Crippen molar-refractivity contribution in [1.82, 2.24) is 19.9 Å². The van der Waals surface area contributed by atoms with E-state index in [0.29, 0.717) is 17.9 Å². The Kier molecular flexibility index (Phi) is 4.26. The number of benzene rings is 1. The molecule has 2 aromatic rings. The highest BCUT2D eigenvalue weighted by Gasteiger charge is 2.19. The standard InChI is InChI=1S/C15H19FN4O/c1-2-19-7-9-20(10-8-19)11-14-17-15(21-18-14)12-5-3-4-6-13(12)16/h3-6H,2,7-11H2,1H3. The Morgan fingerprint density at radius 1 is 1.14 bits per heavy atom. The van der Waals surface area contributed by atoms with Gasteiger partial charge in [-0.25, -0.2) is 4.39 Å². The van der Waals surface area contributed by atoms with Crippen LogP contribution < -0.4 is 0 Å². The van der Waals surface area contributed by atoms with E-state index in [4.69, 9.17) is 4.52 Å². The third-order valence-electron chi connectivity index (χ3n) is 3.85. The fourth-order valence-electron chi connectivity index (χ4n) is 2.53. The number of piperazine rings is 1. The van der Waals surface area contributed by atoms with E-state index in [1.54, 1.807) is 18.2 Å². The highest BCUT2D eigenvalue weighted by Crippen LogP contribution is 2.20. The first-order valence-electron chi connectivity index (χ1n) is 7.28. The number of aromatic nitrogens is 2. The van der Waals surface area contributed by atoms with Crippen LogP contribution in [0.25, 0.3) is 11.5 Å². The minimum Gasteiger partial charge on any atom is -0.334 e. The Hall–Kier alpha value is -1.79. The van der Waals surface area contributed by atoms with Gasteiger partial charge in [-0.05, 0) is 18.7 Å². The molecule has 3 rings (SSSR count). The summed E-state index contributed by atoms with van der Waals surface area (Å²) in [6, 6.07) is 6.44. The summed E-state index contributed by atoms with van der Waals surface area (Å²) in [4.78, 5) is 9.01. The molecule has 1 saturated heterocycles. The van der Waals surface area contributed by atoms with Crippen molar-refractivity contribution in [3.63, 3.8) is 0 Å². The first-order valence-corrected chi connectivity index (χ1v) is 7.28. The maximum atomic E-state index is 13.7. The van der Waals surface area contributed by atoms with Gasteiger partial charge in [0, 0.05) is 26.2 Å². The van der Waals surface area contributed by atoms with Crippen molar-refractivity contribution in [2.24, 2.45) is 0 Å². The van der Waals surface area contributed by atoms with Gasteiger partial charge in [0.05, 0.1) is 12.1 Å². The molecule has 0 saturated carbocycles. The van der Waals surface area contributed by atoms with Crippen LogP contribution in [0.5, 0.6) is 0 Å². The molecule has 6 heteroatoms. The summed E-state index contributed by atoms with van der Waals surface area (Å²) in [5, 5.41) is 3.96. The number of hydrogen-bond donors (Lipinski definition) is 0. The quantitative estimate of drug-likeness (QED) is 0.862. The van der Waals surface area contributed by atoms with Gasteiger partial charge < -0.3 is 9.42 Å². The van der Waals surface area contributed by atoms with Crippen molar-refractivity contribution in [2.45, 2.75) is 13.5 Å². The van der Waals surface area contributed by atoms with E-state index in [9.17, 15) is 4.39 Å². The van der Waals surface area contributed by atoms with Crippen molar-refractivity contribution >= 4 is 0 Å². The first-order chi connectivity index (χ1) is 10.3. The molecule has 1 fully saturated rings. The molecule has 0 spiro atoms. The Morgan fingerprint density at radius 3 is 2.57 bits per heavy atom. The second-order valence-corrected chi connectivity index (χ2v) is 5.21. The van der Waals surface area contributed by atoms with E-state index in [2.05, 4.69) is 26.9 Å². The molecule has 0 amide bonds. The summed E-state index contributed by atoms with van der Waals surface area (Å²) < 4.78 is 18.9. The Labute approximate surface area is 123 Å². The Balaban J connectivity index is 1.65. The lowest BCUT2D eigenvalue weighted by atomic mass is 10.2. The van der Waals surface area contributed by atoms with E-state index in [1.807, 2.05) is 0 Å². The minimum atomic E-state index is -0.343. The smallest absolute Gasteiger partial charge is 0.260 e. The molecule has 2 heterocycles. The molecule has 21 heavy (non-hydrogen) atoms. The SMILES string of the molecule is CCN1CCN(Cc2noc(-c3ccccc3F)n2)CC1. The summed E-state index contributed by atoms with van der Waals surface area (Å²) in [7, 11) is 0. The van der Waals surface area contributed by atoms with Crippen molar-refractivity contribution in [1.29, 1.82) is 0 Å². The maximum Gasteiger partial charge on any atom is 0.260 e. The lowest BCUT2D eigenvalue weighted by molar-refractivity contribution is 0.128. The zero-order valence-corrected chi connectivity index (χ0v) is 12.1. The van der Waals surface area contributed by atoms with Crippen LogP contribution in [0.2, 0.25) is 0 Å². The first kappa shape index (κ1) is 14.2. The van der Waals surface area contributed by atoms with Gasteiger partial charge in [0.15, 0.2) is 5.82 Å². The predicted molar refractivity (Wildman–Crippen MR) is 77.1 cm³/mol. The number of nitrogens with zero attached hydrogens (tertiary/aromatic N) is 4. The average Bonchev–Trinajstić information content (AvgIpc) is 2.97. The van der Waals surface area contributed by atoms with Gasteiger partial charge in [0.25, 0.3) is 5.89 Å². The monoisotopic (exact) mass is 290 g/mol. The highest BCUT2D eigenvalue weighted by atomic mass is 19.1. The third-order valence-corrected chi connectivity index (χ3v) is 3.85. The molecule has 0 atom stereocenters. The average molecular weight is 290 g/mol. The molecule has 112 valence electrons. The molecule has 0 bridgehead atoms. The van der Waals surface area contributed by atoms with Gasteiger partial charge >= 0.3 is 0 Å². The zero-order valence-electron chi connectivity index (χ0n) is 12.1. The van der Waals surface area contributed by atoms with Gasteiger partial charge in [-0.2, -0.15) is 4.98 Å². The normalized spacial score (nSPS) is 17.2. The largest absolute Gasteiger partial charge is 0.334 e. The van der Waals surface area contributed by atoms with E-state index in [0.717, 1.165) is 32.7 Å². The van der Waals surface area contributed by atoms with Gasteiger partial charge in [-0.1, -0.05) is 24.2 Å². The van der Waals surface area contributed by atoms with Crippen molar-refractivity contribution in [2.75, 3.05) is 32.7 Å². The lowest BCUT2D eigenvalue weighted by Gasteiger charge is -2.33. The molecular formula is C15H19FN4O. The van der Waals surface area contributed by atoms with Crippen LogP contribution in [0.1, 0.15) is 12.7 Å². The fraction of sp³-hybridized carbons (Fsp3) is 0.467. The van der Waals surface area contributed by atoms with Crippen LogP contribution in [0.15, 0.2) is 28.8 Å². The second-order valence-electron chi connectivity index (χ2n) is 5.21.